The predicted molar refractivity (Wildman–Crippen MR) is 154 cm³/mol. The first-order valence-corrected chi connectivity index (χ1v) is 14.3. The van der Waals surface area contributed by atoms with Crippen molar-refractivity contribution in [1.82, 2.24) is 20.4 Å². The monoisotopic (exact) mass is 555 g/mol. The van der Waals surface area contributed by atoms with Gasteiger partial charge >= 0.3 is 0 Å². The van der Waals surface area contributed by atoms with Crippen LogP contribution in [0.1, 0.15) is 64.5 Å². The number of benzene rings is 1. The third-order valence-electron chi connectivity index (χ3n) is 7.32. The Labute approximate surface area is 237 Å². The number of aliphatic hydroxyl groups excluding tert-OH is 1. The van der Waals surface area contributed by atoms with Crippen molar-refractivity contribution < 1.29 is 24.2 Å². The molecule has 2 fully saturated rings. The molecular weight excluding hydrogens is 510 g/mol. The molecule has 4 rings (SSSR count). The number of amides is 2. The summed E-state index contributed by atoms with van der Waals surface area (Å²) in [6, 6.07) is 8.13. The van der Waals surface area contributed by atoms with Crippen molar-refractivity contribution in [3.8, 4) is 0 Å². The Morgan fingerprint density at radius 1 is 1.15 bits per heavy atom. The Kier molecular flexibility index (Phi) is 9.99. The molecule has 10 heteroatoms. The van der Waals surface area contributed by atoms with Crippen molar-refractivity contribution in [2.45, 2.75) is 89.9 Å². The zero-order valence-corrected chi connectivity index (χ0v) is 24.5. The lowest BCUT2D eigenvalue weighted by molar-refractivity contribution is -0.243. The summed E-state index contributed by atoms with van der Waals surface area (Å²) in [6.45, 7) is 9.86. The van der Waals surface area contributed by atoms with E-state index in [-0.39, 0.29) is 29.9 Å². The SMILES string of the molecule is COCC(C)NC(=O)Cc1ccc(C2=NCC(C(=O)N(C3CC3)C3CCN(C(O)OC(C)(C)C)CC3)=CN2)cc1. The van der Waals surface area contributed by atoms with E-state index in [9.17, 15) is 14.7 Å². The molecule has 3 aliphatic rings. The smallest absolute Gasteiger partial charge is 0.253 e. The number of carbonyl (C=O) groups excluding carboxylic acids is 2. The fourth-order valence-electron chi connectivity index (χ4n) is 5.22. The summed E-state index contributed by atoms with van der Waals surface area (Å²) >= 11 is 0. The molecule has 0 radical (unpaired) electrons. The average Bonchev–Trinajstić information content (AvgIpc) is 3.74. The van der Waals surface area contributed by atoms with Gasteiger partial charge in [0.25, 0.3) is 5.91 Å². The zero-order chi connectivity index (χ0) is 28.9. The fraction of sp³-hybridized carbons (Fsp3) is 0.633. The van der Waals surface area contributed by atoms with Crippen LogP contribution in [-0.4, -0.2) is 96.0 Å². The second kappa shape index (κ2) is 13.2. The number of likely N-dealkylation sites (tertiary alicyclic amines) is 1. The Hall–Kier alpha value is -2.79. The van der Waals surface area contributed by atoms with Crippen LogP contribution in [0.5, 0.6) is 0 Å². The van der Waals surface area contributed by atoms with Gasteiger partial charge in [0.15, 0.2) is 0 Å². The molecule has 1 saturated heterocycles. The van der Waals surface area contributed by atoms with Crippen LogP contribution in [0.3, 0.4) is 0 Å². The van der Waals surface area contributed by atoms with Gasteiger partial charge in [-0.2, -0.15) is 0 Å². The van der Waals surface area contributed by atoms with E-state index in [4.69, 9.17) is 9.47 Å². The molecule has 3 N–H and O–H groups in total. The molecule has 2 aliphatic heterocycles. The second-order valence-corrected chi connectivity index (χ2v) is 12.0. The minimum Gasteiger partial charge on any atom is -0.383 e. The van der Waals surface area contributed by atoms with Crippen molar-refractivity contribution in [2.24, 2.45) is 4.99 Å². The largest absolute Gasteiger partial charge is 0.383 e. The van der Waals surface area contributed by atoms with Gasteiger partial charge in [0.05, 0.1) is 30.7 Å². The van der Waals surface area contributed by atoms with Crippen molar-refractivity contribution in [3.05, 3.63) is 47.2 Å². The molecule has 2 atom stereocenters. The number of aliphatic hydroxyl groups is 1. The van der Waals surface area contributed by atoms with Gasteiger partial charge in [-0.25, -0.2) is 0 Å². The third kappa shape index (κ3) is 8.36. The van der Waals surface area contributed by atoms with Crippen molar-refractivity contribution in [2.75, 3.05) is 33.4 Å². The maximum Gasteiger partial charge on any atom is 0.253 e. The minimum atomic E-state index is -0.931. The highest BCUT2D eigenvalue weighted by Crippen LogP contribution is 2.33. The van der Waals surface area contributed by atoms with E-state index < -0.39 is 12.0 Å². The molecule has 1 aromatic rings. The minimum absolute atomic E-state index is 0.0363. The molecule has 2 heterocycles. The van der Waals surface area contributed by atoms with Crippen LogP contribution in [-0.2, 0) is 25.5 Å². The van der Waals surface area contributed by atoms with Gasteiger partial charge in [0.2, 0.25) is 12.3 Å². The zero-order valence-electron chi connectivity index (χ0n) is 24.5. The van der Waals surface area contributed by atoms with Crippen LogP contribution in [0.25, 0.3) is 0 Å². The van der Waals surface area contributed by atoms with Crippen LogP contribution in [0.4, 0.5) is 0 Å². The van der Waals surface area contributed by atoms with E-state index in [1.54, 1.807) is 13.3 Å². The first-order valence-electron chi connectivity index (χ1n) is 14.3. The number of ether oxygens (including phenoxy) is 2. The normalized spacial score (nSPS) is 20.1. The third-order valence-corrected chi connectivity index (χ3v) is 7.32. The van der Waals surface area contributed by atoms with Gasteiger partial charge in [-0.3, -0.25) is 19.5 Å². The average molecular weight is 556 g/mol. The van der Waals surface area contributed by atoms with Crippen LogP contribution < -0.4 is 10.6 Å². The number of methoxy groups -OCH3 is 1. The van der Waals surface area contributed by atoms with Gasteiger partial charge in [-0.15, -0.1) is 0 Å². The molecule has 40 heavy (non-hydrogen) atoms. The van der Waals surface area contributed by atoms with E-state index >= 15 is 0 Å². The van der Waals surface area contributed by atoms with Crippen molar-refractivity contribution in [3.63, 3.8) is 0 Å². The highest BCUT2D eigenvalue weighted by Gasteiger charge is 2.40. The van der Waals surface area contributed by atoms with E-state index in [0.29, 0.717) is 44.1 Å². The van der Waals surface area contributed by atoms with E-state index in [1.165, 1.54) is 0 Å². The molecule has 1 aromatic carbocycles. The van der Waals surface area contributed by atoms with Gasteiger partial charge in [-0.05, 0) is 58.9 Å². The summed E-state index contributed by atoms with van der Waals surface area (Å²) in [5.74, 6) is 0.712. The highest BCUT2D eigenvalue weighted by atomic mass is 16.6. The molecule has 0 bridgehead atoms. The number of hydrogen-bond acceptors (Lipinski definition) is 8. The van der Waals surface area contributed by atoms with E-state index in [1.807, 2.05) is 56.9 Å². The number of carbonyl (C=O) groups is 2. The molecule has 220 valence electrons. The Morgan fingerprint density at radius 2 is 1.80 bits per heavy atom. The molecule has 1 saturated carbocycles. The topological polar surface area (TPSA) is 116 Å². The van der Waals surface area contributed by atoms with Crippen molar-refractivity contribution >= 4 is 17.6 Å². The maximum atomic E-state index is 13.6. The first kappa shape index (κ1) is 30.2. The van der Waals surface area contributed by atoms with Gasteiger partial charge < -0.3 is 30.1 Å². The van der Waals surface area contributed by atoms with Crippen LogP contribution in [0, 0.1) is 0 Å². The van der Waals surface area contributed by atoms with E-state index in [0.717, 1.165) is 36.8 Å². The number of piperidine rings is 1. The molecule has 2 unspecified atom stereocenters. The lowest BCUT2D eigenvalue weighted by atomic mass is 10.0. The standard InChI is InChI=1S/C30H45N5O5/c1-20(19-39-5)33-26(36)16-21-6-8-22(9-7-21)27-31-17-23(18-32-27)28(37)35(24-10-11-24)25-12-14-34(15-13-25)29(38)40-30(2,3)4/h6-9,17,20,24-25,29,38H,10-16,18-19H2,1-5H3,(H,31,32)(H,33,36). The molecule has 0 aromatic heterocycles. The number of nitrogens with zero attached hydrogens (tertiary/aromatic N) is 3. The van der Waals surface area contributed by atoms with Crippen LogP contribution >= 0.6 is 0 Å². The summed E-state index contributed by atoms with van der Waals surface area (Å²) in [5.41, 5.74) is 2.06. The van der Waals surface area contributed by atoms with Crippen LogP contribution in [0.2, 0.25) is 0 Å². The van der Waals surface area contributed by atoms with Crippen molar-refractivity contribution in [1.29, 1.82) is 0 Å². The Bertz CT molecular complexity index is 1080. The maximum absolute atomic E-state index is 13.6. The quantitative estimate of drug-likeness (QED) is 0.359. The Balaban J connectivity index is 1.30. The summed E-state index contributed by atoms with van der Waals surface area (Å²) < 4.78 is 10.8. The molecular formula is C30H45N5O5. The van der Waals surface area contributed by atoms with Gasteiger partial charge in [0, 0.05) is 50.1 Å². The van der Waals surface area contributed by atoms with Crippen LogP contribution in [0.15, 0.2) is 41.0 Å². The number of rotatable bonds is 11. The van der Waals surface area contributed by atoms with Gasteiger partial charge in [-0.1, -0.05) is 24.3 Å². The summed E-state index contributed by atoms with van der Waals surface area (Å²) in [6.07, 6.45) is 4.83. The first-order chi connectivity index (χ1) is 19.0. The number of aliphatic imine (C=N–C) groups is 1. The Morgan fingerprint density at radius 3 is 2.35 bits per heavy atom. The molecule has 2 amide bonds. The predicted octanol–water partition coefficient (Wildman–Crippen LogP) is 2.16. The second-order valence-electron chi connectivity index (χ2n) is 12.0. The number of amidine groups is 1. The summed E-state index contributed by atoms with van der Waals surface area (Å²) in [4.78, 5) is 34.5. The number of hydrogen-bond donors (Lipinski definition) is 3. The van der Waals surface area contributed by atoms with Gasteiger partial charge in [0.1, 0.15) is 5.84 Å². The lowest BCUT2D eigenvalue weighted by Crippen LogP contribution is -2.52. The summed E-state index contributed by atoms with van der Waals surface area (Å²) in [7, 11) is 1.61. The molecule has 10 nitrogen and oxygen atoms in total. The highest BCUT2D eigenvalue weighted by molar-refractivity contribution is 6.03. The molecule has 0 spiro atoms. The lowest BCUT2D eigenvalue weighted by Gasteiger charge is -2.41. The fourth-order valence-corrected chi connectivity index (χ4v) is 5.22. The molecule has 1 aliphatic carbocycles. The summed E-state index contributed by atoms with van der Waals surface area (Å²) in [5, 5.41) is 16.6. The number of nitrogens with one attached hydrogen (secondary N) is 2. The van der Waals surface area contributed by atoms with E-state index in [2.05, 4.69) is 20.5 Å².